The number of hydrogen-bond acceptors (Lipinski definition) is 4. The van der Waals surface area contributed by atoms with Crippen molar-refractivity contribution >= 4 is 46.7 Å². The molecule has 2 rings (SSSR count). The van der Waals surface area contributed by atoms with E-state index < -0.39 is 17.2 Å². The fourth-order valence-electron chi connectivity index (χ4n) is 1.66. The molecule has 0 amide bonds. The second-order valence-electron chi connectivity index (χ2n) is 3.64. The molecule has 0 bridgehead atoms. The van der Waals surface area contributed by atoms with E-state index in [1.807, 2.05) is 0 Å². The Morgan fingerprint density at radius 3 is 2.50 bits per heavy atom. The van der Waals surface area contributed by atoms with Gasteiger partial charge in [-0.1, -0.05) is 0 Å². The summed E-state index contributed by atoms with van der Waals surface area (Å²) in [6.07, 6.45) is 1.24. The molecule has 18 heavy (non-hydrogen) atoms. The van der Waals surface area contributed by atoms with Crippen molar-refractivity contribution in [3.63, 3.8) is 0 Å². The van der Waals surface area contributed by atoms with Crippen LogP contribution in [0.15, 0.2) is 15.9 Å². The number of nitrogens with zero attached hydrogens (tertiary/aromatic N) is 4. The molecule has 0 aromatic carbocycles. The third kappa shape index (κ3) is 2.14. The Labute approximate surface area is 123 Å². The first-order valence-electron chi connectivity index (χ1n) is 4.76. The minimum atomic E-state index is -1.08. The summed E-state index contributed by atoms with van der Waals surface area (Å²) in [5, 5.41) is 8.70. The van der Waals surface area contributed by atoms with Crippen molar-refractivity contribution in [1.29, 1.82) is 0 Å². The molecule has 91 valence electrons. The molecule has 1 N–H and O–H groups in total. The Kier molecular flexibility index (Phi) is 4.15. The van der Waals surface area contributed by atoms with Gasteiger partial charge in [0.1, 0.15) is 6.54 Å². The number of fused-ring (bicyclic) bond motifs is 1. The standard InChI is InChI=1S/C9H10N4O4.Na/c1-11-7-6(8(16)12(2)9(11)17)13(4-10-7)3-5(14)15;/h4H,3H2,1-2H3,(H,14,15);. The van der Waals surface area contributed by atoms with Gasteiger partial charge in [-0.2, -0.15) is 0 Å². The summed E-state index contributed by atoms with van der Waals surface area (Å²) in [5.41, 5.74) is -0.763. The minimum absolute atomic E-state index is 0. The van der Waals surface area contributed by atoms with E-state index in [2.05, 4.69) is 4.98 Å². The summed E-state index contributed by atoms with van der Waals surface area (Å²) in [5.74, 6) is -1.08. The van der Waals surface area contributed by atoms with Gasteiger partial charge < -0.3 is 9.67 Å². The maximum absolute atomic E-state index is 11.9. The molecule has 0 spiro atoms. The molecule has 2 aromatic heterocycles. The fraction of sp³-hybridized carbons (Fsp3) is 0.333. The zero-order valence-corrected chi connectivity index (χ0v) is 12.2. The van der Waals surface area contributed by atoms with Gasteiger partial charge in [0.15, 0.2) is 11.2 Å². The van der Waals surface area contributed by atoms with Crippen LogP contribution in [0.2, 0.25) is 0 Å². The van der Waals surface area contributed by atoms with E-state index in [-0.39, 0.29) is 47.3 Å². The number of carboxylic acids is 1. The molecule has 0 unspecified atom stereocenters. The topological polar surface area (TPSA) is 99.1 Å². The number of aliphatic carboxylic acids is 1. The molecule has 0 aliphatic heterocycles. The van der Waals surface area contributed by atoms with E-state index in [0.717, 1.165) is 4.57 Å². The smallest absolute Gasteiger partial charge is 0.332 e. The average molecular weight is 261 g/mol. The molecule has 2 heterocycles. The maximum Gasteiger partial charge on any atom is 0.332 e. The van der Waals surface area contributed by atoms with Gasteiger partial charge in [0.2, 0.25) is 0 Å². The number of hydrogen-bond donors (Lipinski definition) is 1. The SMILES string of the molecule is Cn1c(=O)c2c(ncn2CC(=O)O)n(C)c1=O.[Na]. The maximum atomic E-state index is 11.9. The van der Waals surface area contributed by atoms with Crippen LogP contribution in [-0.2, 0) is 25.4 Å². The van der Waals surface area contributed by atoms with E-state index in [0.29, 0.717) is 0 Å². The molecule has 1 radical (unpaired) electrons. The molecular weight excluding hydrogens is 251 g/mol. The molecule has 0 aliphatic carbocycles. The minimum Gasteiger partial charge on any atom is -0.480 e. The van der Waals surface area contributed by atoms with Crippen LogP contribution in [0.4, 0.5) is 0 Å². The van der Waals surface area contributed by atoms with Crippen molar-refractivity contribution in [3.8, 4) is 0 Å². The van der Waals surface area contributed by atoms with Gasteiger partial charge in [-0.3, -0.25) is 18.7 Å². The van der Waals surface area contributed by atoms with Crippen molar-refractivity contribution in [2.75, 3.05) is 0 Å². The first-order valence-corrected chi connectivity index (χ1v) is 4.76. The van der Waals surface area contributed by atoms with E-state index in [1.54, 1.807) is 0 Å². The molecule has 0 aliphatic rings. The third-order valence-electron chi connectivity index (χ3n) is 2.52. The van der Waals surface area contributed by atoms with Gasteiger partial charge in [0.05, 0.1) is 6.33 Å². The number of aryl methyl sites for hydroxylation is 1. The van der Waals surface area contributed by atoms with Crippen LogP contribution < -0.4 is 11.2 Å². The Balaban J connectivity index is 0.00000162. The number of rotatable bonds is 2. The zero-order chi connectivity index (χ0) is 12.7. The average Bonchev–Trinajstić information content (AvgIpc) is 2.66. The quantitative estimate of drug-likeness (QED) is 0.639. The molecule has 2 aromatic rings. The zero-order valence-electron chi connectivity index (χ0n) is 10.2. The Morgan fingerprint density at radius 2 is 1.94 bits per heavy atom. The Morgan fingerprint density at radius 1 is 1.33 bits per heavy atom. The van der Waals surface area contributed by atoms with Crippen molar-refractivity contribution in [3.05, 3.63) is 27.2 Å². The Bertz CT molecular complexity index is 726. The van der Waals surface area contributed by atoms with Crippen LogP contribution in [0.5, 0.6) is 0 Å². The summed E-state index contributed by atoms with van der Waals surface area (Å²) in [7, 11) is 2.81. The predicted molar refractivity (Wildman–Crippen MR) is 63.6 cm³/mol. The van der Waals surface area contributed by atoms with E-state index in [4.69, 9.17) is 5.11 Å². The summed E-state index contributed by atoms with van der Waals surface area (Å²) >= 11 is 0. The number of aromatic nitrogens is 4. The summed E-state index contributed by atoms with van der Waals surface area (Å²) in [4.78, 5) is 38.0. The normalized spacial score (nSPS) is 10.3. The Hall–Kier alpha value is -1.38. The molecular formula is C9H10N4NaO4. The molecule has 0 saturated carbocycles. The van der Waals surface area contributed by atoms with Crippen molar-refractivity contribution < 1.29 is 9.90 Å². The molecule has 0 atom stereocenters. The van der Waals surface area contributed by atoms with Crippen molar-refractivity contribution in [2.45, 2.75) is 6.54 Å². The van der Waals surface area contributed by atoms with Crippen molar-refractivity contribution in [2.24, 2.45) is 14.1 Å². The van der Waals surface area contributed by atoms with Crippen LogP contribution in [0.3, 0.4) is 0 Å². The largest absolute Gasteiger partial charge is 0.480 e. The molecule has 9 heteroatoms. The van der Waals surface area contributed by atoms with Gasteiger partial charge in [-0.15, -0.1) is 0 Å². The van der Waals surface area contributed by atoms with Crippen LogP contribution in [0, 0.1) is 0 Å². The van der Waals surface area contributed by atoms with E-state index in [9.17, 15) is 14.4 Å². The van der Waals surface area contributed by atoms with Crippen LogP contribution >= 0.6 is 0 Å². The summed E-state index contributed by atoms with van der Waals surface area (Å²) in [6, 6.07) is 0. The second-order valence-corrected chi connectivity index (χ2v) is 3.64. The monoisotopic (exact) mass is 261 g/mol. The number of carbonyl (C=O) groups is 1. The van der Waals surface area contributed by atoms with Gasteiger partial charge in [0.25, 0.3) is 5.56 Å². The third-order valence-corrected chi connectivity index (χ3v) is 2.52. The van der Waals surface area contributed by atoms with Crippen LogP contribution in [0.1, 0.15) is 0 Å². The summed E-state index contributed by atoms with van der Waals surface area (Å²) < 4.78 is 3.33. The van der Waals surface area contributed by atoms with Crippen LogP contribution in [-0.4, -0.2) is 59.3 Å². The summed E-state index contributed by atoms with van der Waals surface area (Å²) in [6.45, 7) is -0.371. The number of carboxylic acid groups (broad SMARTS) is 1. The van der Waals surface area contributed by atoms with Gasteiger partial charge in [0, 0.05) is 43.7 Å². The predicted octanol–water partition coefficient (Wildman–Crippen LogP) is -1.86. The van der Waals surface area contributed by atoms with Crippen LogP contribution in [0.25, 0.3) is 11.2 Å². The van der Waals surface area contributed by atoms with E-state index >= 15 is 0 Å². The van der Waals surface area contributed by atoms with E-state index in [1.165, 1.54) is 29.6 Å². The fourth-order valence-corrected chi connectivity index (χ4v) is 1.66. The first kappa shape index (κ1) is 14.7. The van der Waals surface area contributed by atoms with Crippen molar-refractivity contribution in [1.82, 2.24) is 18.7 Å². The van der Waals surface area contributed by atoms with Gasteiger partial charge >= 0.3 is 11.7 Å². The molecule has 8 nitrogen and oxygen atoms in total. The van der Waals surface area contributed by atoms with Gasteiger partial charge in [-0.05, 0) is 0 Å². The molecule has 0 fully saturated rings. The first-order chi connectivity index (χ1) is 7.93. The second kappa shape index (κ2) is 5.09. The van der Waals surface area contributed by atoms with Gasteiger partial charge in [-0.25, -0.2) is 9.78 Å². The molecule has 0 saturated heterocycles. The number of imidazole rings is 1.